The van der Waals surface area contributed by atoms with Crippen LogP contribution in [0.4, 0.5) is 0 Å². The molecule has 0 spiro atoms. The molecule has 0 amide bonds. The first-order valence-electron chi connectivity index (χ1n) is 5.25. The Hall–Kier alpha value is -2.34. The largest absolute Gasteiger partial charge is 0.478 e. The summed E-state index contributed by atoms with van der Waals surface area (Å²) >= 11 is 0. The number of aliphatic carboxylic acids is 1. The molecule has 0 aliphatic heterocycles. The van der Waals surface area contributed by atoms with Gasteiger partial charge in [-0.15, -0.1) is 0 Å². The summed E-state index contributed by atoms with van der Waals surface area (Å²) in [5, 5.41) is 8.79. The lowest BCUT2D eigenvalue weighted by Gasteiger charge is -2.05. The minimum absolute atomic E-state index is 0.187. The number of hydrogen-bond acceptors (Lipinski definition) is 3. The molecular weight excluding hydrogens is 236 g/mol. The van der Waals surface area contributed by atoms with Crippen molar-refractivity contribution < 1.29 is 14.6 Å². The fraction of sp³-hybridized carbons (Fsp3) is 0.167. The fourth-order valence-electron chi connectivity index (χ4n) is 1.75. The smallest absolute Gasteiger partial charge is 0.328 e. The average molecular weight is 248 g/mol. The first-order valence-corrected chi connectivity index (χ1v) is 5.25. The van der Waals surface area contributed by atoms with Gasteiger partial charge in [0.05, 0.1) is 17.6 Å². The van der Waals surface area contributed by atoms with E-state index in [1.54, 1.807) is 18.2 Å². The minimum Gasteiger partial charge on any atom is -0.478 e. The van der Waals surface area contributed by atoms with Gasteiger partial charge in [0.25, 0.3) is 0 Å². The molecule has 0 atom stereocenters. The molecule has 1 heterocycles. The van der Waals surface area contributed by atoms with E-state index in [0.717, 1.165) is 6.08 Å². The third kappa shape index (κ3) is 2.49. The van der Waals surface area contributed by atoms with Crippen LogP contribution in [0.25, 0.3) is 16.6 Å². The number of methoxy groups -OCH3 is 1. The summed E-state index contributed by atoms with van der Waals surface area (Å²) in [6.07, 6.45) is 1.09. The van der Waals surface area contributed by atoms with E-state index in [2.05, 4.69) is 9.97 Å². The molecule has 1 aromatic carbocycles. The van der Waals surface area contributed by atoms with Crippen molar-refractivity contribution in [1.82, 2.24) is 9.97 Å². The summed E-state index contributed by atoms with van der Waals surface area (Å²) in [5.74, 6) is -1.04. The van der Waals surface area contributed by atoms with Gasteiger partial charge >= 0.3 is 11.7 Å². The molecule has 0 saturated heterocycles. The molecule has 0 aliphatic rings. The number of nitrogens with one attached hydrogen (secondary N) is 2. The van der Waals surface area contributed by atoms with E-state index in [-0.39, 0.29) is 12.3 Å². The molecule has 0 radical (unpaired) electrons. The highest BCUT2D eigenvalue weighted by Gasteiger charge is 2.06. The van der Waals surface area contributed by atoms with Gasteiger partial charge in [-0.25, -0.2) is 9.59 Å². The number of imidazole rings is 1. The van der Waals surface area contributed by atoms with Crippen LogP contribution in [0.15, 0.2) is 29.1 Å². The van der Waals surface area contributed by atoms with Gasteiger partial charge in [-0.05, 0) is 23.3 Å². The molecule has 1 aromatic heterocycles. The molecule has 0 aliphatic carbocycles. The van der Waals surface area contributed by atoms with Gasteiger partial charge < -0.3 is 19.8 Å². The molecule has 2 rings (SSSR count). The van der Waals surface area contributed by atoms with Crippen molar-refractivity contribution in [1.29, 1.82) is 0 Å². The number of aromatic amines is 2. The molecule has 2 aromatic rings. The van der Waals surface area contributed by atoms with Crippen LogP contribution in [0, 0.1) is 0 Å². The van der Waals surface area contributed by atoms with Crippen LogP contribution in [-0.4, -0.2) is 34.8 Å². The standard InChI is InChI=1S/C12H12N2O4/c1-18-6-8(5-11(15)16)7-2-3-9-10(4-7)14-12(17)13-9/h2-5H,6H2,1H3,(H,15,16)(H2,13,14,17)/b8-5+. The highest BCUT2D eigenvalue weighted by atomic mass is 16.5. The Kier molecular flexibility index (Phi) is 3.29. The molecule has 18 heavy (non-hydrogen) atoms. The number of carboxylic acids is 1. The first kappa shape index (κ1) is 12.1. The lowest BCUT2D eigenvalue weighted by Crippen LogP contribution is -1.99. The maximum atomic E-state index is 11.1. The number of aromatic nitrogens is 2. The van der Waals surface area contributed by atoms with Crippen LogP contribution in [0.3, 0.4) is 0 Å². The van der Waals surface area contributed by atoms with Gasteiger partial charge in [0.15, 0.2) is 0 Å². The lowest BCUT2D eigenvalue weighted by molar-refractivity contribution is -0.131. The minimum atomic E-state index is -1.04. The summed E-state index contributed by atoms with van der Waals surface area (Å²) in [6.45, 7) is 0.187. The van der Waals surface area contributed by atoms with E-state index in [4.69, 9.17) is 9.84 Å². The molecule has 0 saturated carbocycles. The zero-order chi connectivity index (χ0) is 13.1. The van der Waals surface area contributed by atoms with E-state index in [9.17, 15) is 9.59 Å². The van der Waals surface area contributed by atoms with Crippen molar-refractivity contribution in [2.75, 3.05) is 13.7 Å². The van der Waals surface area contributed by atoms with Crippen LogP contribution in [0.2, 0.25) is 0 Å². The Bertz CT molecular complexity index is 666. The summed E-state index contributed by atoms with van der Waals surface area (Å²) < 4.78 is 4.97. The molecule has 3 N–H and O–H groups in total. The predicted octanol–water partition coefficient (Wildman–Crippen LogP) is 0.971. The monoisotopic (exact) mass is 248 g/mol. The number of fused-ring (bicyclic) bond motifs is 1. The van der Waals surface area contributed by atoms with Crippen molar-refractivity contribution >= 4 is 22.6 Å². The van der Waals surface area contributed by atoms with E-state index >= 15 is 0 Å². The topological polar surface area (TPSA) is 95.2 Å². The molecule has 6 nitrogen and oxygen atoms in total. The maximum Gasteiger partial charge on any atom is 0.328 e. The summed E-state index contributed by atoms with van der Waals surface area (Å²) in [6, 6.07) is 5.16. The molecule has 0 unspecified atom stereocenters. The highest BCUT2D eigenvalue weighted by Crippen LogP contribution is 2.18. The van der Waals surface area contributed by atoms with Crippen molar-refractivity contribution in [3.8, 4) is 0 Å². The molecule has 94 valence electrons. The normalized spacial score (nSPS) is 11.9. The SMILES string of the molecule is COC/C(=C\C(=O)O)c1ccc2[nH]c(=O)[nH]c2c1. The number of hydrogen-bond donors (Lipinski definition) is 3. The van der Waals surface area contributed by atoms with E-state index in [1.807, 2.05) is 0 Å². The van der Waals surface area contributed by atoms with Crippen LogP contribution in [0.5, 0.6) is 0 Å². The predicted molar refractivity (Wildman–Crippen MR) is 66.4 cm³/mol. The Morgan fingerprint density at radius 3 is 2.78 bits per heavy atom. The third-order valence-corrected chi connectivity index (χ3v) is 2.48. The number of ether oxygens (including phenoxy) is 1. The van der Waals surface area contributed by atoms with Crippen LogP contribution in [0.1, 0.15) is 5.56 Å². The van der Waals surface area contributed by atoms with Gasteiger partial charge in [0.1, 0.15) is 0 Å². The Morgan fingerprint density at radius 2 is 2.11 bits per heavy atom. The number of carboxylic acid groups (broad SMARTS) is 1. The summed E-state index contributed by atoms with van der Waals surface area (Å²) in [4.78, 5) is 27.1. The second kappa shape index (κ2) is 4.89. The van der Waals surface area contributed by atoms with Crippen LogP contribution in [-0.2, 0) is 9.53 Å². The number of rotatable bonds is 4. The quantitative estimate of drug-likeness (QED) is 0.702. The molecule has 6 heteroatoms. The van der Waals surface area contributed by atoms with Crippen LogP contribution >= 0.6 is 0 Å². The highest BCUT2D eigenvalue weighted by molar-refractivity contribution is 5.91. The zero-order valence-electron chi connectivity index (χ0n) is 9.69. The summed E-state index contributed by atoms with van der Waals surface area (Å²) in [7, 11) is 1.49. The number of H-pyrrole nitrogens is 2. The molecular formula is C12H12N2O4. The van der Waals surface area contributed by atoms with Gasteiger partial charge in [0.2, 0.25) is 0 Å². The first-order chi connectivity index (χ1) is 8.60. The van der Waals surface area contributed by atoms with E-state index in [1.165, 1.54) is 7.11 Å². The van der Waals surface area contributed by atoms with Crippen molar-refractivity contribution in [3.05, 3.63) is 40.3 Å². The zero-order valence-corrected chi connectivity index (χ0v) is 9.69. The van der Waals surface area contributed by atoms with Crippen molar-refractivity contribution in [2.24, 2.45) is 0 Å². The van der Waals surface area contributed by atoms with E-state index < -0.39 is 5.97 Å². The average Bonchev–Trinajstić information content (AvgIpc) is 2.66. The Balaban J connectivity index is 2.50. The van der Waals surface area contributed by atoms with Gasteiger partial charge in [-0.2, -0.15) is 0 Å². The van der Waals surface area contributed by atoms with Crippen LogP contribution < -0.4 is 5.69 Å². The number of carbonyl (C=O) groups is 1. The second-order valence-electron chi connectivity index (χ2n) is 3.78. The van der Waals surface area contributed by atoms with Gasteiger partial charge in [-0.1, -0.05) is 6.07 Å². The fourth-order valence-corrected chi connectivity index (χ4v) is 1.75. The number of benzene rings is 1. The maximum absolute atomic E-state index is 11.1. The Labute approximate surface area is 102 Å². The van der Waals surface area contributed by atoms with Crippen molar-refractivity contribution in [3.63, 3.8) is 0 Å². The Morgan fingerprint density at radius 1 is 1.39 bits per heavy atom. The van der Waals surface area contributed by atoms with Gasteiger partial charge in [0, 0.05) is 13.2 Å². The molecule has 0 bridgehead atoms. The third-order valence-electron chi connectivity index (χ3n) is 2.48. The molecule has 0 fully saturated rings. The van der Waals surface area contributed by atoms with Gasteiger partial charge in [-0.3, -0.25) is 0 Å². The lowest BCUT2D eigenvalue weighted by atomic mass is 10.1. The van der Waals surface area contributed by atoms with Crippen molar-refractivity contribution in [2.45, 2.75) is 0 Å². The van der Waals surface area contributed by atoms with E-state index in [0.29, 0.717) is 22.2 Å². The summed E-state index contributed by atoms with van der Waals surface area (Å²) in [5.41, 5.74) is 2.24. The second-order valence-corrected chi connectivity index (χ2v) is 3.78.